The normalized spacial score (nSPS) is 14.6. The molecule has 4 aromatic rings. The second-order valence-corrected chi connectivity index (χ2v) is 9.54. The first kappa shape index (κ1) is 21.2. The van der Waals surface area contributed by atoms with Crippen LogP contribution in [0.2, 0.25) is 0 Å². The lowest BCUT2D eigenvalue weighted by Crippen LogP contribution is -2.38. The summed E-state index contributed by atoms with van der Waals surface area (Å²) in [6, 6.07) is 13.7. The van der Waals surface area contributed by atoms with Crippen molar-refractivity contribution in [1.29, 1.82) is 0 Å². The zero-order valence-corrected chi connectivity index (χ0v) is 19.3. The first-order chi connectivity index (χ1) is 15.8. The third-order valence-electron chi connectivity index (χ3n) is 5.48. The van der Waals surface area contributed by atoms with Crippen LogP contribution in [0.5, 0.6) is 0 Å². The van der Waals surface area contributed by atoms with Crippen molar-refractivity contribution >= 4 is 39.6 Å². The van der Waals surface area contributed by atoms with Crippen molar-refractivity contribution in [1.82, 2.24) is 20.2 Å². The largest absolute Gasteiger partial charge is 0.379 e. The summed E-state index contributed by atoms with van der Waals surface area (Å²) in [5.74, 6) is -0.0734. The molecule has 0 bridgehead atoms. The van der Waals surface area contributed by atoms with E-state index in [9.17, 15) is 4.79 Å². The summed E-state index contributed by atoms with van der Waals surface area (Å²) in [5, 5.41) is 7.13. The third kappa shape index (κ3) is 4.73. The maximum absolute atomic E-state index is 12.7. The average Bonchev–Trinajstić information content (AvgIpc) is 3.56. The first-order valence-electron chi connectivity index (χ1n) is 10.8. The van der Waals surface area contributed by atoms with Gasteiger partial charge in [-0.1, -0.05) is 12.1 Å². The van der Waals surface area contributed by atoms with Crippen molar-refractivity contribution in [3.05, 3.63) is 58.8 Å². The topological polar surface area (TPSA) is 67.4 Å². The summed E-state index contributed by atoms with van der Waals surface area (Å²) in [7, 11) is 0. The average molecular weight is 465 g/mol. The standard InChI is InChI=1S/C24H24N4O2S2/c29-24(25-8-3-9-28-10-12-30-13-11-28)17-6-7-18-19(16-17)27-23(21-5-2-15-32-21)22(26-18)20-4-1-14-31-20/h1-2,4-7,14-16H,3,8-13H2,(H,25,29). The number of aromatic nitrogens is 2. The Hall–Kier alpha value is -2.65. The van der Waals surface area contributed by atoms with Gasteiger partial charge in [0.05, 0.1) is 34.0 Å². The highest BCUT2D eigenvalue weighted by atomic mass is 32.1. The number of hydrogen-bond donors (Lipinski definition) is 1. The van der Waals surface area contributed by atoms with E-state index in [-0.39, 0.29) is 5.91 Å². The van der Waals surface area contributed by atoms with Gasteiger partial charge in [-0.05, 0) is 54.1 Å². The van der Waals surface area contributed by atoms with E-state index in [0.29, 0.717) is 12.1 Å². The fourth-order valence-electron chi connectivity index (χ4n) is 3.80. The number of amides is 1. The summed E-state index contributed by atoms with van der Waals surface area (Å²) in [6.07, 6.45) is 0.922. The Morgan fingerprint density at radius 3 is 2.31 bits per heavy atom. The molecule has 1 aliphatic heterocycles. The van der Waals surface area contributed by atoms with E-state index in [1.54, 1.807) is 22.7 Å². The number of nitrogens with zero attached hydrogens (tertiary/aromatic N) is 3. The SMILES string of the molecule is O=C(NCCCN1CCOCC1)c1ccc2nc(-c3cccs3)c(-c3cccs3)nc2c1. The summed E-state index contributed by atoms with van der Waals surface area (Å²) in [5.41, 5.74) is 3.87. The highest BCUT2D eigenvalue weighted by Gasteiger charge is 2.16. The summed E-state index contributed by atoms with van der Waals surface area (Å²) >= 11 is 3.30. The van der Waals surface area contributed by atoms with Gasteiger partial charge in [0.15, 0.2) is 0 Å². The number of benzene rings is 1. The van der Waals surface area contributed by atoms with E-state index in [0.717, 1.165) is 71.4 Å². The van der Waals surface area contributed by atoms with Gasteiger partial charge in [-0.25, -0.2) is 9.97 Å². The molecule has 164 valence electrons. The molecule has 1 N–H and O–H groups in total. The van der Waals surface area contributed by atoms with Crippen LogP contribution in [0.25, 0.3) is 32.2 Å². The number of thiophene rings is 2. The number of hydrogen-bond acceptors (Lipinski definition) is 7. The van der Waals surface area contributed by atoms with Crippen molar-refractivity contribution in [2.75, 3.05) is 39.4 Å². The van der Waals surface area contributed by atoms with Gasteiger partial charge in [-0.3, -0.25) is 9.69 Å². The zero-order chi connectivity index (χ0) is 21.8. The van der Waals surface area contributed by atoms with Gasteiger partial charge in [0.25, 0.3) is 5.91 Å². The van der Waals surface area contributed by atoms with Crippen molar-refractivity contribution in [3.63, 3.8) is 0 Å². The lowest BCUT2D eigenvalue weighted by atomic mass is 10.1. The van der Waals surface area contributed by atoms with Crippen LogP contribution in [0.3, 0.4) is 0 Å². The molecular formula is C24H24N4O2S2. The van der Waals surface area contributed by atoms with Gasteiger partial charge in [0, 0.05) is 25.2 Å². The van der Waals surface area contributed by atoms with Crippen LogP contribution in [-0.2, 0) is 4.74 Å². The Morgan fingerprint density at radius 1 is 0.969 bits per heavy atom. The first-order valence-corrected chi connectivity index (χ1v) is 12.5. The number of carbonyl (C=O) groups excluding carboxylic acids is 1. The van der Waals surface area contributed by atoms with E-state index in [1.807, 2.05) is 41.1 Å². The molecule has 0 saturated carbocycles. The fourth-order valence-corrected chi connectivity index (χ4v) is 5.23. The Morgan fingerprint density at radius 2 is 1.66 bits per heavy atom. The second kappa shape index (κ2) is 9.87. The lowest BCUT2D eigenvalue weighted by Gasteiger charge is -2.26. The summed E-state index contributed by atoms with van der Waals surface area (Å²) in [4.78, 5) is 27.1. The van der Waals surface area contributed by atoms with Crippen molar-refractivity contribution in [3.8, 4) is 21.1 Å². The van der Waals surface area contributed by atoms with E-state index < -0.39 is 0 Å². The molecule has 1 fully saturated rings. The molecule has 4 heterocycles. The maximum atomic E-state index is 12.7. The zero-order valence-electron chi connectivity index (χ0n) is 17.6. The molecule has 1 saturated heterocycles. The minimum Gasteiger partial charge on any atom is -0.379 e. The van der Waals surface area contributed by atoms with Gasteiger partial charge < -0.3 is 10.1 Å². The maximum Gasteiger partial charge on any atom is 0.251 e. The summed E-state index contributed by atoms with van der Waals surface area (Å²) < 4.78 is 5.38. The molecule has 1 aliphatic rings. The van der Waals surface area contributed by atoms with E-state index in [2.05, 4.69) is 22.3 Å². The van der Waals surface area contributed by atoms with Crippen LogP contribution < -0.4 is 5.32 Å². The summed E-state index contributed by atoms with van der Waals surface area (Å²) in [6.45, 7) is 5.16. The minimum absolute atomic E-state index is 0.0734. The molecule has 0 unspecified atom stereocenters. The number of nitrogens with one attached hydrogen (secondary N) is 1. The Labute approximate surface area is 194 Å². The molecule has 3 aromatic heterocycles. The molecule has 32 heavy (non-hydrogen) atoms. The smallest absolute Gasteiger partial charge is 0.251 e. The molecule has 0 spiro atoms. The fraction of sp³-hybridized carbons (Fsp3) is 0.292. The number of ether oxygens (including phenoxy) is 1. The van der Waals surface area contributed by atoms with Crippen LogP contribution in [0, 0.1) is 0 Å². The van der Waals surface area contributed by atoms with Crippen LogP contribution in [0.1, 0.15) is 16.8 Å². The van der Waals surface area contributed by atoms with Gasteiger partial charge in [0.1, 0.15) is 11.4 Å². The Bertz CT molecular complexity index is 1190. The van der Waals surface area contributed by atoms with Crippen LogP contribution >= 0.6 is 22.7 Å². The number of carbonyl (C=O) groups is 1. The molecule has 0 radical (unpaired) electrons. The lowest BCUT2D eigenvalue weighted by molar-refractivity contribution is 0.0374. The molecule has 8 heteroatoms. The van der Waals surface area contributed by atoms with Gasteiger partial charge in [0.2, 0.25) is 0 Å². The second-order valence-electron chi connectivity index (χ2n) is 7.64. The molecule has 6 nitrogen and oxygen atoms in total. The quantitative estimate of drug-likeness (QED) is 0.407. The molecular weight excluding hydrogens is 440 g/mol. The minimum atomic E-state index is -0.0734. The molecule has 1 aromatic carbocycles. The molecule has 1 amide bonds. The third-order valence-corrected chi connectivity index (χ3v) is 7.23. The predicted molar refractivity (Wildman–Crippen MR) is 130 cm³/mol. The number of morpholine rings is 1. The van der Waals surface area contributed by atoms with E-state index >= 15 is 0 Å². The Balaban J connectivity index is 1.34. The van der Waals surface area contributed by atoms with Crippen molar-refractivity contribution < 1.29 is 9.53 Å². The van der Waals surface area contributed by atoms with Gasteiger partial charge in [-0.15, -0.1) is 22.7 Å². The van der Waals surface area contributed by atoms with Crippen LogP contribution in [0.15, 0.2) is 53.2 Å². The predicted octanol–water partition coefficient (Wildman–Crippen LogP) is 4.54. The molecule has 5 rings (SSSR count). The molecule has 0 aliphatic carbocycles. The molecule has 0 atom stereocenters. The number of rotatable bonds is 7. The highest BCUT2D eigenvalue weighted by molar-refractivity contribution is 7.14. The van der Waals surface area contributed by atoms with Crippen molar-refractivity contribution in [2.24, 2.45) is 0 Å². The van der Waals surface area contributed by atoms with Crippen LogP contribution in [0.4, 0.5) is 0 Å². The van der Waals surface area contributed by atoms with Crippen LogP contribution in [-0.4, -0.2) is 60.2 Å². The van der Waals surface area contributed by atoms with Gasteiger partial charge >= 0.3 is 0 Å². The monoisotopic (exact) mass is 464 g/mol. The van der Waals surface area contributed by atoms with Gasteiger partial charge in [-0.2, -0.15) is 0 Å². The van der Waals surface area contributed by atoms with Crippen molar-refractivity contribution in [2.45, 2.75) is 6.42 Å². The van der Waals surface area contributed by atoms with E-state index in [4.69, 9.17) is 14.7 Å². The number of fused-ring (bicyclic) bond motifs is 1. The Kier molecular flexibility index (Phi) is 6.54. The van der Waals surface area contributed by atoms with E-state index in [1.165, 1.54) is 0 Å². The highest BCUT2D eigenvalue weighted by Crippen LogP contribution is 2.35.